The molecule has 0 heterocycles. The maximum Gasteiger partial charge on any atom is 0.271 e. The van der Waals surface area contributed by atoms with Crippen molar-refractivity contribution in [3.05, 3.63) is 88.4 Å². The van der Waals surface area contributed by atoms with Crippen LogP contribution < -0.4 is 19.6 Å². The molecule has 0 saturated carbocycles. The second kappa shape index (κ2) is 10.3. The molecule has 6 nitrogen and oxygen atoms in total. The molecule has 3 rings (SSSR count). The zero-order valence-electron chi connectivity index (χ0n) is 16.6. The van der Waals surface area contributed by atoms with Crippen molar-refractivity contribution in [3.8, 4) is 17.2 Å². The minimum absolute atomic E-state index is 0.318. The Hall–Kier alpha value is -3.51. The number of carbonyl (C=O) groups is 1. The van der Waals surface area contributed by atoms with Crippen molar-refractivity contribution < 1.29 is 19.0 Å². The maximum absolute atomic E-state index is 12.2. The summed E-state index contributed by atoms with van der Waals surface area (Å²) in [6, 6.07) is 19.6. The van der Waals surface area contributed by atoms with E-state index in [4.69, 9.17) is 25.8 Å². The van der Waals surface area contributed by atoms with E-state index in [1.54, 1.807) is 50.6 Å². The second-order valence-corrected chi connectivity index (χ2v) is 6.69. The predicted molar refractivity (Wildman–Crippen MR) is 117 cm³/mol. The Bertz CT molecular complexity index is 1020. The Morgan fingerprint density at radius 3 is 2.37 bits per heavy atom. The summed E-state index contributed by atoms with van der Waals surface area (Å²) < 4.78 is 16.3. The number of halogens is 1. The summed E-state index contributed by atoms with van der Waals surface area (Å²) in [6.45, 7) is 0.363. The van der Waals surface area contributed by atoms with E-state index in [9.17, 15) is 4.79 Å². The maximum atomic E-state index is 12.2. The van der Waals surface area contributed by atoms with E-state index < -0.39 is 0 Å². The van der Waals surface area contributed by atoms with Gasteiger partial charge in [0.05, 0.1) is 20.4 Å². The van der Waals surface area contributed by atoms with Crippen molar-refractivity contribution in [2.45, 2.75) is 6.61 Å². The summed E-state index contributed by atoms with van der Waals surface area (Å²) in [5.41, 5.74) is 4.71. The molecule has 0 aliphatic heterocycles. The molecule has 0 aliphatic rings. The first kappa shape index (κ1) is 21.2. The third kappa shape index (κ3) is 5.75. The van der Waals surface area contributed by atoms with Gasteiger partial charge in [-0.3, -0.25) is 4.79 Å². The van der Waals surface area contributed by atoms with Crippen LogP contribution in [0.5, 0.6) is 17.2 Å². The van der Waals surface area contributed by atoms with Crippen LogP contribution in [0.25, 0.3) is 0 Å². The zero-order chi connectivity index (χ0) is 21.3. The van der Waals surface area contributed by atoms with Gasteiger partial charge in [0.1, 0.15) is 12.4 Å². The van der Waals surface area contributed by atoms with Gasteiger partial charge in [-0.15, -0.1) is 0 Å². The van der Waals surface area contributed by atoms with Crippen LogP contribution in [0.3, 0.4) is 0 Å². The van der Waals surface area contributed by atoms with Gasteiger partial charge in [0, 0.05) is 10.6 Å². The number of carbonyl (C=O) groups excluding carboxylic acids is 1. The molecular weight excluding hydrogens is 404 g/mol. The Labute approximate surface area is 180 Å². The Morgan fingerprint density at radius 1 is 0.967 bits per heavy atom. The molecule has 0 fully saturated rings. The van der Waals surface area contributed by atoms with Gasteiger partial charge < -0.3 is 14.2 Å². The summed E-state index contributed by atoms with van der Waals surface area (Å²) >= 11 is 5.91. The smallest absolute Gasteiger partial charge is 0.271 e. The molecule has 0 atom stereocenters. The quantitative estimate of drug-likeness (QED) is 0.420. The van der Waals surface area contributed by atoms with Gasteiger partial charge in [-0.1, -0.05) is 23.7 Å². The van der Waals surface area contributed by atoms with Crippen LogP contribution in [0.4, 0.5) is 0 Å². The summed E-state index contributed by atoms with van der Waals surface area (Å²) in [4.78, 5) is 12.2. The fraction of sp³-hybridized carbons (Fsp3) is 0.130. The molecule has 154 valence electrons. The highest BCUT2D eigenvalue weighted by atomic mass is 35.5. The van der Waals surface area contributed by atoms with E-state index in [2.05, 4.69) is 10.5 Å². The number of rotatable bonds is 8. The van der Waals surface area contributed by atoms with Gasteiger partial charge in [0.25, 0.3) is 5.91 Å². The number of amides is 1. The lowest BCUT2D eigenvalue weighted by molar-refractivity contribution is 0.0955. The molecule has 0 aromatic heterocycles. The first-order chi connectivity index (χ1) is 14.6. The molecule has 3 aromatic carbocycles. The molecular formula is C23H21ClN2O4. The van der Waals surface area contributed by atoms with Crippen molar-refractivity contribution >= 4 is 23.7 Å². The number of hydrazone groups is 1. The van der Waals surface area contributed by atoms with Crippen LogP contribution in [-0.2, 0) is 6.61 Å². The SMILES string of the molecule is COc1ccc(C(=O)N/N=C\c2ccc(OC)c(OCc3ccc(Cl)cc3)c2)cc1. The Kier molecular flexibility index (Phi) is 7.29. The minimum Gasteiger partial charge on any atom is -0.497 e. The lowest BCUT2D eigenvalue weighted by atomic mass is 10.2. The van der Waals surface area contributed by atoms with Gasteiger partial charge in [-0.2, -0.15) is 5.10 Å². The fourth-order valence-corrected chi connectivity index (χ4v) is 2.73. The largest absolute Gasteiger partial charge is 0.497 e. The van der Waals surface area contributed by atoms with Crippen molar-refractivity contribution in [2.75, 3.05) is 14.2 Å². The van der Waals surface area contributed by atoms with Crippen LogP contribution in [0.15, 0.2) is 71.8 Å². The number of nitrogens with one attached hydrogen (secondary N) is 1. The van der Waals surface area contributed by atoms with Crippen molar-refractivity contribution in [1.29, 1.82) is 0 Å². The molecule has 3 aromatic rings. The van der Waals surface area contributed by atoms with Gasteiger partial charge in [0.2, 0.25) is 0 Å². The highest BCUT2D eigenvalue weighted by molar-refractivity contribution is 6.30. The van der Waals surface area contributed by atoms with Crippen LogP contribution in [-0.4, -0.2) is 26.3 Å². The van der Waals surface area contributed by atoms with E-state index in [0.29, 0.717) is 34.4 Å². The Balaban J connectivity index is 1.64. The summed E-state index contributed by atoms with van der Waals surface area (Å²) in [5.74, 6) is 1.53. The van der Waals surface area contributed by atoms with E-state index >= 15 is 0 Å². The number of nitrogens with zero attached hydrogens (tertiary/aromatic N) is 1. The third-order valence-corrected chi connectivity index (χ3v) is 4.48. The number of benzene rings is 3. The highest BCUT2D eigenvalue weighted by Crippen LogP contribution is 2.28. The topological polar surface area (TPSA) is 69.2 Å². The van der Waals surface area contributed by atoms with Crippen LogP contribution in [0.2, 0.25) is 5.02 Å². The normalized spacial score (nSPS) is 10.6. The first-order valence-corrected chi connectivity index (χ1v) is 9.49. The monoisotopic (exact) mass is 424 g/mol. The van der Waals surface area contributed by atoms with Crippen molar-refractivity contribution in [3.63, 3.8) is 0 Å². The lowest BCUT2D eigenvalue weighted by Gasteiger charge is -2.11. The standard InChI is InChI=1S/C23H21ClN2O4/c1-28-20-10-6-18(7-11-20)23(27)26-25-14-17-5-12-21(29-2)22(13-17)30-15-16-3-8-19(24)9-4-16/h3-14H,15H2,1-2H3,(H,26,27)/b25-14-. The fourth-order valence-electron chi connectivity index (χ4n) is 2.60. The van der Waals surface area contributed by atoms with E-state index in [1.165, 1.54) is 6.21 Å². The van der Waals surface area contributed by atoms with Crippen molar-refractivity contribution in [2.24, 2.45) is 5.10 Å². The highest BCUT2D eigenvalue weighted by Gasteiger charge is 2.07. The zero-order valence-corrected chi connectivity index (χ0v) is 17.3. The molecule has 0 radical (unpaired) electrons. The third-order valence-electron chi connectivity index (χ3n) is 4.23. The molecule has 0 unspecified atom stereocenters. The first-order valence-electron chi connectivity index (χ1n) is 9.12. The average molecular weight is 425 g/mol. The lowest BCUT2D eigenvalue weighted by Crippen LogP contribution is -2.17. The number of methoxy groups -OCH3 is 2. The molecule has 0 saturated heterocycles. The molecule has 0 aliphatic carbocycles. The van der Waals surface area contributed by atoms with Crippen LogP contribution in [0.1, 0.15) is 21.5 Å². The minimum atomic E-state index is -0.318. The number of ether oxygens (including phenoxy) is 3. The van der Waals surface area contributed by atoms with E-state index in [-0.39, 0.29) is 5.91 Å². The summed E-state index contributed by atoms with van der Waals surface area (Å²) in [5, 5.41) is 4.69. The number of hydrogen-bond acceptors (Lipinski definition) is 5. The van der Waals surface area contributed by atoms with Gasteiger partial charge in [-0.05, 0) is 65.7 Å². The molecule has 30 heavy (non-hydrogen) atoms. The van der Waals surface area contributed by atoms with Crippen molar-refractivity contribution in [1.82, 2.24) is 5.43 Å². The molecule has 1 amide bonds. The molecule has 0 bridgehead atoms. The Morgan fingerprint density at radius 2 is 1.70 bits per heavy atom. The molecule has 0 spiro atoms. The summed E-state index contributed by atoms with van der Waals surface area (Å²) in [6.07, 6.45) is 1.54. The van der Waals surface area contributed by atoms with Crippen LogP contribution in [0, 0.1) is 0 Å². The molecule has 1 N–H and O–H groups in total. The van der Waals surface area contributed by atoms with Gasteiger partial charge >= 0.3 is 0 Å². The van der Waals surface area contributed by atoms with E-state index in [0.717, 1.165) is 11.1 Å². The molecule has 7 heteroatoms. The van der Waals surface area contributed by atoms with Gasteiger partial charge in [-0.25, -0.2) is 5.43 Å². The van der Waals surface area contributed by atoms with E-state index in [1.807, 2.05) is 30.3 Å². The number of hydrogen-bond donors (Lipinski definition) is 1. The summed E-state index contributed by atoms with van der Waals surface area (Å²) in [7, 11) is 3.15. The van der Waals surface area contributed by atoms with Gasteiger partial charge in [0.15, 0.2) is 11.5 Å². The van der Waals surface area contributed by atoms with Crippen LogP contribution >= 0.6 is 11.6 Å². The second-order valence-electron chi connectivity index (χ2n) is 6.25. The predicted octanol–water partition coefficient (Wildman–Crippen LogP) is 4.70. The average Bonchev–Trinajstić information content (AvgIpc) is 2.78.